The number of benzene rings is 2. The van der Waals surface area contributed by atoms with Gasteiger partial charge >= 0.3 is 12.2 Å². The van der Waals surface area contributed by atoms with E-state index in [2.05, 4.69) is 10.6 Å². The lowest BCUT2D eigenvalue weighted by Crippen LogP contribution is -2.47. The molecule has 36 heavy (non-hydrogen) atoms. The molecule has 1 atom stereocenters. The molecule has 190 valence electrons. The minimum atomic E-state index is -4.62. The number of halogens is 3. The summed E-state index contributed by atoms with van der Waals surface area (Å²) in [6.45, 7) is 3.28. The van der Waals surface area contributed by atoms with Crippen LogP contribution in [0.2, 0.25) is 0 Å². The second-order valence-electron chi connectivity index (χ2n) is 9.59. The number of nitrogens with one attached hydrogen (secondary N) is 2. The van der Waals surface area contributed by atoms with Crippen molar-refractivity contribution < 1.29 is 22.8 Å². The molecule has 2 aliphatic heterocycles. The maximum Gasteiger partial charge on any atom is 0.417 e. The number of hydrogen-bond acceptors (Lipinski definition) is 4. The van der Waals surface area contributed by atoms with Gasteiger partial charge in [-0.1, -0.05) is 12.1 Å². The highest BCUT2D eigenvalue weighted by atomic mass is 19.4. The highest BCUT2D eigenvalue weighted by Crippen LogP contribution is 2.45. The van der Waals surface area contributed by atoms with Crippen molar-refractivity contribution in [2.45, 2.75) is 38.4 Å². The summed E-state index contributed by atoms with van der Waals surface area (Å²) in [7, 11) is 1.54. The summed E-state index contributed by atoms with van der Waals surface area (Å²) in [5, 5.41) is 14.6. The van der Waals surface area contributed by atoms with Crippen LogP contribution >= 0.6 is 0 Å². The first-order valence-corrected chi connectivity index (χ1v) is 11.8. The number of alkyl halides is 3. The zero-order valence-corrected chi connectivity index (χ0v) is 20.2. The summed E-state index contributed by atoms with van der Waals surface area (Å²) in [5.74, 6) is -0.240. The van der Waals surface area contributed by atoms with Gasteiger partial charge in [0.15, 0.2) is 0 Å². The van der Waals surface area contributed by atoms with Gasteiger partial charge in [0.05, 0.1) is 17.2 Å². The molecule has 2 heterocycles. The van der Waals surface area contributed by atoms with E-state index in [-0.39, 0.29) is 17.4 Å². The highest BCUT2D eigenvalue weighted by Gasteiger charge is 2.49. The molecule has 0 aliphatic carbocycles. The molecule has 3 amide bonds. The van der Waals surface area contributed by atoms with Crippen molar-refractivity contribution in [1.82, 2.24) is 10.2 Å². The van der Waals surface area contributed by atoms with Crippen molar-refractivity contribution in [3.63, 3.8) is 0 Å². The molecular formula is C26H28F3N5O2. The van der Waals surface area contributed by atoms with Crippen LogP contribution in [0, 0.1) is 23.7 Å². The second-order valence-corrected chi connectivity index (χ2v) is 9.59. The number of carbonyl (C=O) groups is 2. The van der Waals surface area contributed by atoms with Crippen molar-refractivity contribution in [1.29, 1.82) is 5.26 Å². The van der Waals surface area contributed by atoms with Crippen molar-refractivity contribution in [2.75, 3.05) is 36.9 Å². The predicted molar refractivity (Wildman–Crippen MR) is 129 cm³/mol. The topological polar surface area (TPSA) is 88.5 Å². The number of piperidine rings is 1. The number of carbonyl (C=O) groups excluding carboxylic acids is 2. The van der Waals surface area contributed by atoms with E-state index in [0.717, 1.165) is 11.6 Å². The molecule has 0 radical (unpaired) electrons. The number of aryl methyl sites for hydroxylation is 1. The van der Waals surface area contributed by atoms with Crippen molar-refractivity contribution in [3.8, 4) is 6.07 Å². The van der Waals surface area contributed by atoms with Crippen LogP contribution < -0.4 is 15.5 Å². The van der Waals surface area contributed by atoms with Gasteiger partial charge in [-0.2, -0.15) is 18.4 Å². The Labute approximate surface area is 207 Å². The number of nitrogens with zero attached hydrogens (tertiary/aromatic N) is 3. The summed E-state index contributed by atoms with van der Waals surface area (Å²) >= 11 is 0. The fraction of sp³-hybridized carbons (Fsp3) is 0.423. The number of amides is 3. The third-order valence-electron chi connectivity index (χ3n) is 7.21. The van der Waals surface area contributed by atoms with Crippen LogP contribution in [0.25, 0.3) is 0 Å². The van der Waals surface area contributed by atoms with Crippen LogP contribution in [-0.4, -0.2) is 49.6 Å². The van der Waals surface area contributed by atoms with E-state index in [1.165, 1.54) is 19.2 Å². The van der Waals surface area contributed by atoms with Crippen molar-refractivity contribution in [2.24, 2.45) is 5.41 Å². The summed E-state index contributed by atoms with van der Waals surface area (Å²) in [5.41, 5.74) is 0.398. The molecule has 0 aromatic heterocycles. The molecule has 2 aliphatic rings. The summed E-state index contributed by atoms with van der Waals surface area (Å²) < 4.78 is 40.3. The third-order valence-corrected chi connectivity index (χ3v) is 7.21. The van der Waals surface area contributed by atoms with Crippen LogP contribution in [0.1, 0.15) is 36.0 Å². The molecule has 2 aromatic carbocycles. The molecular weight excluding hydrogens is 471 g/mol. The molecule has 1 spiro atoms. The fourth-order valence-corrected chi connectivity index (χ4v) is 5.25. The highest BCUT2D eigenvalue weighted by molar-refractivity contribution is 5.94. The first-order chi connectivity index (χ1) is 17.0. The lowest BCUT2D eigenvalue weighted by Gasteiger charge is -2.40. The molecule has 4 rings (SSSR count). The number of anilines is 2. The standard InChI is InChI=1S/C26H28F3N5O2/c1-17-4-3-5-19(12-17)32-24(36)34-16-25(14-22(34)23(35)31-2)8-10-33(11-9-25)20-7-6-18(15-30)21(13-20)26(27,28)29/h3-7,12-13,22H,8-11,14,16H2,1-2H3,(H,31,35)(H,32,36). The first-order valence-electron chi connectivity index (χ1n) is 11.8. The Morgan fingerprint density at radius 3 is 2.47 bits per heavy atom. The molecule has 1 unspecified atom stereocenters. The average Bonchev–Trinajstić information content (AvgIpc) is 3.22. The first kappa shape index (κ1) is 25.4. The maximum atomic E-state index is 13.4. The van der Waals surface area contributed by atoms with Gasteiger partial charge in [-0.05, 0) is 67.5 Å². The Bertz CT molecular complexity index is 1200. The fourth-order valence-electron chi connectivity index (χ4n) is 5.25. The quantitative estimate of drug-likeness (QED) is 0.650. The van der Waals surface area contributed by atoms with Crippen LogP contribution in [0.4, 0.5) is 29.3 Å². The Balaban J connectivity index is 1.50. The monoisotopic (exact) mass is 499 g/mol. The normalized spacial score (nSPS) is 19.2. The molecule has 2 fully saturated rings. The SMILES string of the molecule is CNC(=O)C1CC2(CCN(c3ccc(C#N)c(C(F)(F)F)c3)CC2)CN1C(=O)Nc1cccc(C)c1. The van der Waals surface area contributed by atoms with Gasteiger partial charge in [-0.3, -0.25) is 4.79 Å². The predicted octanol–water partition coefficient (Wildman–Crippen LogP) is 4.52. The minimum Gasteiger partial charge on any atom is -0.371 e. The molecule has 0 bridgehead atoms. The number of likely N-dealkylation sites (tertiary alicyclic amines) is 1. The average molecular weight is 500 g/mol. The third kappa shape index (κ3) is 5.10. The molecule has 0 saturated carbocycles. The van der Waals surface area contributed by atoms with Gasteiger partial charge in [0, 0.05) is 38.1 Å². The van der Waals surface area contributed by atoms with Gasteiger partial charge in [0.2, 0.25) is 5.91 Å². The van der Waals surface area contributed by atoms with Gasteiger partial charge in [0.1, 0.15) is 6.04 Å². The number of hydrogen-bond donors (Lipinski definition) is 2. The zero-order chi connectivity index (χ0) is 26.1. The van der Waals surface area contributed by atoms with Gasteiger partial charge in [0.25, 0.3) is 0 Å². The van der Waals surface area contributed by atoms with Crippen molar-refractivity contribution in [3.05, 3.63) is 59.2 Å². The molecule has 2 aromatic rings. The zero-order valence-electron chi connectivity index (χ0n) is 20.2. The van der Waals surface area contributed by atoms with Crippen LogP contribution in [0.3, 0.4) is 0 Å². The summed E-state index contributed by atoms with van der Waals surface area (Å²) in [6, 6.07) is 11.8. The summed E-state index contributed by atoms with van der Waals surface area (Å²) in [4.78, 5) is 29.3. The minimum absolute atomic E-state index is 0.240. The van der Waals surface area contributed by atoms with Crippen LogP contribution in [0.15, 0.2) is 42.5 Å². The number of urea groups is 1. The van der Waals surface area contributed by atoms with Gasteiger partial charge in [-0.15, -0.1) is 0 Å². The van der Waals surface area contributed by atoms with E-state index in [4.69, 9.17) is 5.26 Å². The Hall–Kier alpha value is -3.74. The lowest BCUT2D eigenvalue weighted by molar-refractivity contribution is -0.137. The number of nitriles is 1. The van der Waals surface area contributed by atoms with Gasteiger partial charge < -0.3 is 20.4 Å². The van der Waals surface area contributed by atoms with E-state index in [1.807, 2.05) is 30.0 Å². The van der Waals surface area contributed by atoms with Gasteiger partial charge in [-0.25, -0.2) is 4.79 Å². The lowest BCUT2D eigenvalue weighted by atomic mass is 9.76. The van der Waals surface area contributed by atoms with Crippen LogP contribution in [-0.2, 0) is 11.0 Å². The van der Waals surface area contributed by atoms with E-state index in [0.29, 0.717) is 50.3 Å². The maximum absolute atomic E-state index is 13.4. The summed E-state index contributed by atoms with van der Waals surface area (Å²) in [6.07, 6.45) is -2.88. The smallest absolute Gasteiger partial charge is 0.371 e. The number of likely N-dealkylation sites (N-methyl/N-ethyl adjacent to an activating group) is 1. The van der Waals surface area contributed by atoms with E-state index >= 15 is 0 Å². The molecule has 2 saturated heterocycles. The van der Waals surface area contributed by atoms with Crippen molar-refractivity contribution >= 4 is 23.3 Å². The van der Waals surface area contributed by atoms with E-state index in [1.54, 1.807) is 17.0 Å². The Kier molecular flexibility index (Phi) is 6.85. The molecule has 7 nitrogen and oxygen atoms in total. The Morgan fingerprint density at radius 1 is 1.14 bits per heavy atom. The van der Waals surface area contributed by atoms with E-state index in [9.17, 15) is 22.8 Å². The van der Waals surface area contributed by atoms with Crippen LogP contribution in [0.5, 0.6) is 0 Å². The van der Waals surface area contributed by atoms with E-state index < -0.39 is 23.3 Å². The largest absolute Gasteiger partial charge is 0.417 e. The molecule has 2 N–H and O–H groups in total. The molecule has 10 heteroatoms. The second kappa shape index (κ2) is 9.72. The number of rotatable bonds is 3. The Morgan fingerprint density at radius 2 is 1.86 bits per heavy atom.